The van der Waals surface area contributed by atoms with Crippen LogP contribution in [0.1, 0.15) is 12.5 Å². The molecular formula is C16H24IN5O. The summed E-state index contributed by atoms with van der Waals surface area (Å²) in [6.07, 6.45) is 1.97. The van der Waals surface area contributed by atoms with E-state index in [0.29, 0.717) is 19.1 Å². The van der Waals surface area contributed by atoms with Gasteiger partial charge in [-0.15, -0.1) is 24.0 Å². The van der Waals surface area contributed by atoms with Crippen molar-refractivity contribution in [3.05, 3.63) is 42.1 Å². The number of aromatic nitrogens is 2. The van der Waals surface area contributed by atoms with E-state index in [4.69, 9.17) is 10.5 Å². The maximum atomic E-state index is 5.90. The highest BCUT2D eigenvalue weighted by Crippen LogP contribution is 2.22. The number of methoxy groups -OCH3 is 1. The number of benzene rings is 1. The fourth-order valence-electron chi connectivity index (χ4n) is 2.25. The number of hydrogen-bond acceptors (Lipinski definition) is 3. The van der Waals surface area contributed by atoms with Gasteiger partial charge in [-0.05, 0) is 6.92 Å². The van der Waals surface area contributed by atoms with Crippen molar-refractivity contribution in [2.45, 2.75) is 19.5 Å². The molecule has 3 N–H and O–H groups in total. The van der Waals surface area contributed by atoms with E-state index >= 15 is 0 Å². The van der Waals surface area contributed by atoms with E-state index in [-0.39, 0.29) is 30.0 Å². The second-order valence-corrected chi connectivity index (χ2v) is 5.24. The summed E-state index contributed by atoms with van der Waals surface area (Å²) in [7, 11) is 3.56. The molecule has 23 heavy (non-hydrogen) atoms. The zero-order valence-electron chi connectivity index (χ0n) is 13.7. The van der Waals surface area contributed by atoms with E-state index in [0.717, 1.165) is 16.8 Å². The predicted octanol–water partition coefficient (Wildman–Crippen LogP) is 2.14. The predicted molar refractivity (Wildman–Crippen MR) is 104 cm³/mol. The molecule has 0 aliphatic carbocycles. The van der Waals surface area contributed by atoms with Gasteiger partial charge in [0.15, 0.2) is 5.96 Å². The second-order valence-electron chi connectivity index (χ2n) is 5.24. The minimum atomic E-state index is 0. The standard InChI is InChI=1S/C16H23N5O.HI/c1-12(11-22-3)19-16(17)18-9-14-10-21(2)20-15(14)13-7-5-4-6-8-13;/h4-8,10,12H,9,11H2,1-3H3,(H3,17,18,19);1H. The zero-order chi connectivity index (χ0) is 15.9. The molecule has 1 heterocycles. The largest absolute Gasteiger partial charge is 0.383 e. The zero-order valence-corrected chi connectivity index (χ0v) is 16.0. The summed E-state index contributed by atoms with van der Waals surface area (Å²) in [5.74, 6) is 0.410. The Balaban J connectivity index is 0.00000264. The van der Waals surface area contributed by atoms with Crippen molar-refractivity contribution in [3.8, 4) is 11.3 Å². The third-order valence-corrected chi connectivity index (χ3v) is 3.18. The molecule has 0 aliphatic heterocycles. The Morgan fingerprint density at radius 2 is 2.09 bits per heavy atom. The molecule has 0 spiro atoms. The van der Waals surface area contributed by atoms with Crippen LogP contribution in [0.15, 0.2) is 41.5 Å². The summed E-state index contributed by atoms with van der Waals surface area (Å²) in [6.45, 7) is 3.06. The first kappa shape index (κ1) is 19.4. The monoisotopic (exact) mass is 429 g/mol. The van der Waals surface area contributed by atoms with E-state index < -0.39 is 0 Å². The van der Waals surface area contributed by atoms with E-state index in [1.165, 1.54) is 0 Å². The summed E-state index contributed by atoms with van der Waals surface area (Å²) < 4.78 is 6.86. The number of ether oxygens (including phenoxy) is 1. The molecule has 0 fully saturated rings. The maximum absolute atomic E-state index is 5.90. The van der Waals surface area contributed by atoms with Crippen molar-refractivity contribution >= 4 is 29.9 Å². The van der Waals surface area contributed by atoms with Crippen molar-refractivity contribution in [1.82, 2.24) is 15.1 Å². The molecule has 126 valence electrons. The lowest BCUT2D eigenvalue weighted by atomic mass is 10.1. The molecule has 2 aromatic rings. The molecule has 0 saturated carbocycles. The lowest BCUT2D eigenvalue weighted by Crippen LogP contribution is -2.40. The van der Waals surface area contributed by atoms with Crippen LogP contribution in [0.4, 0.5) is 0 Å². The van der Waals surface area contributed by atoms with Gasteiger partial charge in [0.05, 0.1) is 18.8 Å². The Kier molecular flexibility index (Phi) is 8.04. The maximum Gasteiger partial charge on any atom is 0.189 e. The number of nitrogens with one attached hydrogen (secondary N) is 1. The van der Waals surface area contributed by atoms with Crippen LogP contribution in [-0.4, -0.2) is 35.5 Å². The van der Waals surface area contributed by atoms with Gasteiger partial charge in [0.25, 0.3) is 0 Å². The van der Waals surface area contributed by atoms with E-state index in [1.807, 2.05) is 50.5 Å². The van der Waals surface area contributed by atoms with Gasteiger partial charge in [-0.25, -0.2) is 4.99 Å². The van der Waals surface area contributed by atoms with Gasteiger partial charge in [0.2, 0.25) is 0 Å². The molecule has 1 aromatic carbocycles. The molecule has 2 rings (SSSR count). The molecule has 1 atom stereocenters. The minimum absolute atomic E-state index is 0. The quantitative estimate of drug-likeness (QED) is 0.419. The molecule has 0 aliphatic rings. The smallest absolute Gasteiger partial charge is 0.189 e. The highest BCUT2D eigenvalue weighted by molar-refractivity contribution is 14.0. The van der Waals surface area contributed by atoms with Crippen LogP contribution in [-0.2, 0) is 18.3 Å². The molecule has 0 radical (unpaired) electrons. The highest BCUT2D eigenvalue weighted by atomic mass is 127. The minimum Gasteiger partial charge on any atom is -0.383 e. The average Bonchev–Trinajstić information content (AvgIpc) is 2.87. The van der Waals surface area contributed by atoms with Crippen LogP contribution in [0.3, 0.4) is 0 Å². The van der Waals surface area contributed by atoms with E-state index in [9.17, 15) is 0 Å². The number of aliphatic imine (C=N–C) groups is 1. The summed E-state index contributed by atoms with van der Waals surface area (Å²) in [4.78, 5) is 4.39. The fraction of sp³-hybridized carbons (Fsp3) is 0.375. The number of rotatable bonds is 6. The van der Waals surface area contributed by atoms with Gasteiger partial charge >= 0.3 is 0 Å². The Hall–Kier alpha value is -1.61. The van der Waals surface area contributed by atoms with Crippen molar-refractivity contribution in [3.63, 3.8) is 0 Å². The summed E-state index contributed by atoms with van der Waals surface area (Å²) in [5, 5.41) is 7.61. The number of nitrogens with two attached hydrogens (primary N) is 1. The lowest BCUT2D eigenvalue weighted by molar-refractivity contribution is 0.179. The van der Waals surface area contributed by atoms with Gasteiger partial charge in [-0.2, -0.15) is 5.10 Å². The SMILES string of the molecule is COCC(C)NC(N)=NCc1cn(C)nc1-c1ccccc1.I. The number of guanidine groups is 1. The third-order valence-electron chi connectivity index (χ3n) is 3.18. The van der Waals surface area contributed by atoms with Crippen molar-refractivity contribution in [2.24, 2.45) is 17.8 Å². The average molecular weight is 429 g/mol. The molecule has 1 aromatic heterocycles. The normalized spacial score (nSPS) is 12.6. The van der Waals surface area contributed by atoms with Crippen LogP contribution in [0.5, 0.6) is 0 Å². The number of nitrogens with zero attached hydrogens (tertiary/aromatic N) is 3. The van der Waals surface area contributed by atoms with Gasteiger partial charge in [0, 0.05) is 37.5 Å². The van der Waals surface area contributed by atoms with Crippen molar-refractivity contribution in [1.29, 1.82) is 0 Å². The molecular weight excluding hydrogens is 405 g/mol. The molecule has 6 nitrogen and oxygen atoms in total. The first-order chi connectivity index (χ1) is 10.6. The van der Waals surface area contributed by atoms with Crippen LogP contribution >= 0.6 is 24.0 Å². The van der Waals surface area contributed by atoms with Gasteiger partial charge in [-0.1, -0.05) is 30.3 Å². The van der Waals surface area contributed by atoms with Crippen molar-refractivity contribution in [2.75, 3.05) is 13.7 Å². The summed E-state index contributed by atoms with van der Waals surface area (Å²) in [6, 6.07) is 10.2. The van der Waals surface area contributed by atoms with Crippen LogP contribution in [0.2, 0.25) is 0 Å². The van der Waals surface area contributed by atoms with Crippen LogP contribution < -0.4 is 11.1 Å². The molecule has 1 unspecified atom stereocenters. The Morgan fingerprint density at radius 1 is 1.39 bits per heavy atom. The van der Waals surface area contributed by atoms with Gasteiger partial charge in [-0.3, -0.25) is 4.68 Å². The highest BCUT2D eigenvalue weighted by Gasteiger charge is 2.10. The first-order valence-corrected chi connectivity index (χ1v) is 7.23. The first-order valence-electron chi connectivity index (χ1n) is 7.23. The molecule has 0 saturated heterocycles. The fourth-order valence-corrected chi connectivity index (χ4v) is 2.25. The van der Waals surface area contributed by atoms with Crippen LogP contribution in [0, 0.1) is 0 Å². The van der Waals surface area contributed by atoms with Crippen molar-refractivity contribution < 1.29 is 4.74 Å². The van der Waals surface area contributed by atoms with Gasteiger partial charge < -0.3 is 15.8 Å². The Labute approximate surface area is 154 Å². The summed E-state index contributed by atoms with van der Waals surface area (Å²) in [5.41, 5.74) is 8.96. The summed E-state index contributed by atoms with van der Waals surface area (Å²) >= 11 is 0. The Bertz CT molecular complexity index is 627. The molecule has 7 heteroatoms. The number of hydrogen-bond donors (Lipinski definition) is 2. The number of halogens is 1. The van der Waals surface area contributed by atoms with E-state index in [1.54, 1.807) is 11.8 Å². The Morgan fingerprint density at radius 3 is 2.74 bits per heavy atom. The van der Waals surface area contributed by atoms with E-state index in [2.05, 4.69) is 15.4 Å². The molecule has 0 bridgehead atoms. The second kappa shape index (κ2) is 9.51. The van der Waals surface area contributed by atoms with Gasteiger partial charge in [0.1, 0.15) is 0 Å². The molecule has 0 amide bonds. The number of aryl methyl sites for hydroxylation is 1. The van der Waals surface area contributed by atoms with Crippen LogP contribution in [0.25, 0.3) is 11.3 Å². The topological polar surface area (TPSA) is 77.5 Å². The lowest BCUT2D eigenvalue weighted by Gasteiger charge is -2.12. The third kappa shape index (κ3) is 5.83.